The lowest BCUT2D eigenvalue weighted by molar-refractivity contribution is -0.142. The predicted molar refractivity (Wildman–Crippen MR) is 87.8 cm³/mol. The quantitative estimate of drug-likeness (QED) is 0.759. The Morgan fingerprint density at radius 3 is 2.50 bits per heavy atom. The minimum atomic E-state index is -4.50. The summed E-state index contributed by atoms with van der Waals surface area (Å²) in [7, 11) is 1.37. The number of hydrogen-bond donors (Lipinski definition) is 0. The molecule has 2 saturated heterocycles. The predicted octanol–water partition coefficient (Wildman–Crippen LogP) is 2.34. The number of fused-ring (bicyclic) bond motifs is 1. The molecule has 3 heterocycles. The lowest BCUT2D eigenvalue weighted by Gasteiger charge is -2.39. The summed E-state index contributed by atoms with van der Waals surface area (Å²) in [4.78, 5) is 23.2. The van der Waals surface area contributed by atoms with E-state index in [1.807, 2.05) is 11.8 Å². The minimum absolute atomic E-state index is 0.153. The normalized spacial score (nSPS) is 30.0. The fraction of sp³-hybridized carbons (Fsp3) is 0.706. The number of piperidine rings is 1. The van der Waals surface area contributed by atoms with Crippen LogP contribution in [0.4, 0.5) is 24.9 Å². The van der Waals surface area contributed by atoms with Crippen LogP contribution in [0.5, 0.6) is 0 Å². The second-order valence-electron chi connectivity index (χ2n) is 7.42. The molecule has 0 aromatic carbocycles. The number of hydrogen-bond acceptors (Lipinski definition) is 6. The van der Waals surface area contributed by atoms with Crippen LogP contribution < -0.4 is 9.80 Å². The molecule has 9 heteroatoms. The highest BCUT2D eigenvalue weighted by Crippen LogP contribution is 2.54. The van der Waals surface area contributed by atoms with E-state index in [0.29, 0.717) is 43.7 Å². The first kappa shape index (κ1) is 17.4. The first-order valence-electron chi connectivity index (χ1n) is 8.82. The summed E-state index contributed by atoms with van der Waals surface area (Å²) in [6, 6.07) is 1.19. The molecular formula is C17H21F3N4O2. The summed E-state index contributed by atoms with van der Waals surface area (Å²) in [6.07, 6.45) is -3.19. The van der Waals surface area contributed by atoms with Gasteiger partial charge >= 0.3 is 12.1 Å². The van der Waals surface area contributed by atoms with Crippen LogP contribution in [0.3, 0.4) is 0 Å². The molecule has 0 bridgehead atoms. The fourth-order valence-electron chi connectivity index (χ4n) is 4.09. The first-order valence-corrected chi connectivity index (χ1v) is 8.82. The summed E-state index contributed by atoms with van der Waals surface area (Å²) in [5, 5.41) is 0. The average Bonchev–Trinajstić information content (AvgIpc) is 3.02. The van der Waals surface area contributed by atoms with Crippen molar-refractivity contribution in [3.63, 3.8) is 0 Å². The van der Waals surface area contributed by atoms with Crippen LogP contribution in [0.15, 0.2) is 6.07 Å². The third-order valence-electron chi connectivity index (χ3n) is 5.89. The van der Waals surface area contributed by atoms with E-state index in [4.69, 9.17) is 4.74 Å². The molecule has 0 amide bonds. The number of ether oxygens (including phenoxy) is 1. The zero-order valence-electron chi connectivity index (χ0n) is 14.7. The molecule has 1 aromatic heterocycles. The molecule has 142 valence electrons. The Bertz CT molecular complexity index is 714. The van der Waals surface area contributed by atoms with E-state index < -0.39 is 11.9 Å². The highest BCUT2D eigenvalue weighted by Gasteiger charge is 2.56. The smallest absolute Gasteiger partial charge is 0.433 e. The van der Waals surface area contributed by atoms with E-state index in [1.54, 1.807) is 4.90 Å². The van der Waals surface area contributed by atoms with Gasteiger partial charge in [0.25, 0.3) is 0 Å². The molecule has 0 radical (unpaired) electrons. The summed E-state index contributed by atoms with van der Waals surface area (Å²) >= 11 is 0. The van der Waals surface area contributed by atoms with Crippen LogP contribution in [0, 0.1) is 17.8 Å². The topological polar surface area (TPSA) is 58.6 Å². The largest absolute Gasteiger partial charge is 0.469 e. The molecule has 0 spiro atoms. The Morgan fingerprint density at radius 1 is 1.31 bits per heavy atom. The van der Waals surface area contributed by atoms with Gasteiger partial charge < -0.3 is 14.5 Å². The Balaban J connectivity index is 1.52. The second-order valence-corrected chi connectivity index (χ2v) is 7.42. The van der Waals surface area contributed by atoms with Gasteiger partial charge in [-0.3, -0.25) is 4.79 Å². The highest BCUT2D eigenvalue weighted by atomic mass is 19.4. The van der Waals surface area contributed by atoms with Crippen molar-refractivity contribution in [2.24, 2.45) is 17.8 Å². The van der Waals surface area contributed by atoms with E-state index in [2.05, 4.69) is 9.97 Å². The summed E-state index contributed by atoms with van der Waals surface area (Å²) in [5.74, 6) is 1.17. The Labute approximate surface area is 149 Å². The summed E-state index contributed by atoms with van der Waals surface area (Å²) in [6.45, 7) is 3.87. The van der Waals surface area contributed by atoms with Crippen molar-refractivity contribution in [3.8, 4) is 0 Å². The molecule has 3 aliphatic rings. The molecule has 3 fully saturated rings. The molecule has 1 aliphatic carbocycles. The van der Waals surface area contributed by atoms with Gasteiger partial charge in [-0.05, 0) is 31.1 Å². The van der Waals surface area contributed by atoms with Crippen molar-refractivity contribution >= 4 is 17.7 Å². The van der Waals surface area contributed by atoms with Gasteiger partial charge in [-0.1, -0.05) is 0 Å². The van der Waals surface area contributed by atoms with Crippen LogP contribution in [0.1, 0.15) is 25.5 Å². The zero-order chi connectivity index (χ0) is 18.6. The van der Waals surface area contributed by atoms with Crippen LogP contribution in [-0.2, 0) is 15.7 Å². The van der Waals surface area contributed by atoms with Crippen LogP contribution in [-0.4, -0.2) is 48.7 Å². The van der Waals surface area contributed by atoms with Crippen molar-refractivity contribution in [2.75, 3.05) is 36.5 Å². The van der Waals surface area contributed by atoms with Gasteiger partial charge in [0.2, 0.25) is 5.95 Å². The first-order chi connectivity index (χ1) is 12.3. The van der Waals surface area contributed by atoms with E-state index in [-0.39, 0.29) is 23.9 Å². The van der Waals surface area contributed by atoms with Gasteiger partial charge in [0.1, 0.15) is 5.82 Å². The van der Waals surface area contributed by atoms with Crippen molar-refractivity contribution in [1.29, 1.82) is 0 Å². The lowest BCUT2D eigenvalue weighted by Crippen LogP contribution is -2.47. The summed E-state index contributed by atoms with van der Waals surface area (Å²) < 4.78 is 44.5. The van der Waals surface area contributed by atoms with Crippen LogP contribution in [0.25, 0.3) is 0 Å². The van der Waals surface area contributed by atoms with Crippen molar-refractivity contribution in [3.05, 3.63) is 11.8 Å². The van der Waals surface area contributed by atoms with E-state index >= 15 is 0 Å². The third kappa shape index (κ3) is 2.97. The Kier molecular flexibility index (Phi) is 4.00. The average molecular weight is 370 g/mol. The monoisotopic (exact) mass is 370 g/mol. The van der Waals surface area contributed by atoms with Gasteiger partial charge in [-0.15, -0.1) is 0 Å². The second kappa shape index (κ2) is 5.99. The van der Waals surface area contributed by atoms with Gasteiger partial charge in [0.05, 0.1) is 7.11 Å². The number of rotatable bonds is 4. The fourth-order valence-corrected chi connectivity index (χ4v) is 4.09. The number of carbonyl (C=O) groups is 1. The standard InChI is InChI=1S/C17H21F3N4O2/c1-9-3-4-24(9)16-21-13(17(18,19)20)6-14(22-16)23-7-11-10(12(11)8-23)5-15(25)26-2/h6,9-12H,3-5,7-8H2,1-2H3/t9-,10?,11?,12?/m0/s1. The number of carbonyl (C=O) groups excluding carboxylic acids is 1. The molecule has 2 aliphatic heterocycles. The number of anilines is 2. The lowest BCUT2D eigenvalue weighted by atomic mass is 10.1. The molecule has 0 N–H and O–H groups in total. The minimum Gasteiger partial charge on any atom is -0.469 e. The maximum Gasteiger partial charge on any atom is 0.433 e. The molecule has 6 nitrogen and oxygen atoms in total. The third-order valence-corrected chi connectivity index (χ3v) is 5.89. The maximum atomic E-state index is 13.3. The Hall–Kier alpha value is -2.06. The van der Waals surface area contributed by atoms with Crippen molar-refractivity contribution in [1.82, 2.24) is 9.97 Å². The Morgan fingerprint density at radius 2 is 2.00 bits per heavy atom. The maximum absolute atomic E-state index is 13.3. The molecule has 2 unspecified atom stereocenters. The SMILES string of the molecule is COC(=O)CC1C2CN(c3cc(C(F)(F)F)nc(N4CC[C@@H]4C)n3)CC12. The molecular weight excluding hydrogens is 349 g/mol. The number of methoxy groups -OCH3 is 1. The van der Waals surface area contributed by atoms with Gasteiger partial charge in [0, 0.05) is 38.2 Å². The summed E-state index contributed by atoms with van der Waals surface area (Å²) in [5.41, 5.74) is -0.900. The molecule has 26 heavy (non-hydrogen) atoms. The number of aromatic nitrogens is 2. The number of nitrogens with zero attached hydrogens (tertiary/aromatic N) is 4. The highest BCUT2D eigenvalue weighted by molar-refractivity contribution is 5.70. The van der Waals surface area contributed by atoms with E-state index in [9.17, 15) is 18.0 Å². The zero-order valence-corrected chi connectivity index (χ0v) is 14.7. The van der Waals surface area contributed by atoms with Crippen molar-refractivity contribution < 1.29 is 22.7 Å². The molecule has 1 aromatic rings. The molecule has 1 saturated carbocycles. The molecule has 3 atom stereocenters. The van der Waals surface area contributed by atoms with Gasteiger partial charge in [0.15, 0.2) is 5.69 Å². The van der Waals surface area contributed by atoms with Crippen LogP contribution >= 0.6 is 0 Å². The van der Waals surface area contributed by atoms with E-state index in [0.717, 1.165) is 12.5 Å². The number of alkyl halides is 3. The van der Waals surface area contributed by atoms with Crippen LogP contribution in [0.2, 0.25) is 0 Å². The number of esters is 1. The van der Waals surface area contributed by atoms with Gasteiger partial charge in [-0.25, -0.2) is 4.98 Å². The van der Waals surface area contributed by atoms with Crippen molar-refractivity contribution in [2.45, 2.75) is 32.0 Å². The number of halogens is 3. The van der Waals surface area contributed by atoms with E-state index in [1.165, 1.54) is 7.11 Å². The molecule has 4 rings (SSSR count). The van der Waals surface area contributed by atoms with Gasteiger partial charge in [-0.2, -0.15) is 18.2 Å².